The molecule has 8 heteroatoms. The van der Waals surface area contributed by atoms with E-state index in [-0.39, 0.29) is 11.8 Å². The number of fused-ring (bicyclic) bond motifs is 2. The Hall–Kier alpha value is -3.67. The van der Waals surface area contributed by atoms with Gasteiger partial charge in [0.2, 0.25) is 27.8 Å². The summed E-state index contributed by atoms with van der Waals surface area (Å²) >= 11 is 0. The zero-order valence-electron chi connectivity index (χ0n) is 14.8. The second-order valence-corrected chi connectivity index (χ2v) is 5.75. The smallest absolute Gasteiger partial charge is 0.239 e. The Labute approximate surface area is 164 Å². The van der Waals surface area contributed by atoms with Crippen molar-refractivity contribution in [1.82, 2.24) is 20.4 Å². The van der Waals surface area contributed by atoms with E-state index in [1.54, 1.807) is 49.1 Å². The Morgan fingerprint density at radius 2 is 1.25 bits per heavy atom. The van der Waals surface area contributed by atoms with Crippen LogP contribution in [0.1, 0.15) is 20.7 Å². The molecule has 0 fully saturated rings. The number of aromatic nitrogens is 2. The van der Waals surface area contributed by atoms with Gasteiger partial charge < -0.3 is 10.5 Å². The van der Waals surface area contributed by atoms with Gasteiger partial charge in [-0.25, -0.2) is 0 Å². The van der Waals surface area contributed by atoms with Gasteiger partial charge in [0, 0.05) is 46.7 Å². The molecule has 0 aliphatic rings. The minimum Gasteiger partial charge on any atom is -0.405 e. The predicted molar refractivity (Wildman–Crippen MR) is 110 cm³/mol. The molecule has 0 aliphatic carbocycles. The third kappa shape index (κ3) is 4.01. The summed E-state index contributed by atoms with van der Waals surface area (Å²) < 4.78 is 0. The van der Waals surface area contributed by atoms with Gasteiger partial charge in [-0.1, -0.05) is 24.3 Å². The predicted octanol–water partition coefficient (Wildman–Crippen LogP) is 2.10. The van der Waals surface area contributed by atoms with Gasteiger partial charge >= 0.3 is 0 Å². The molecule has 4 radical (unpaired) electrons. The van der Waals surface area contributed by atoms with Crippen molar-refractivity contribution < 1.29 is 9.59 Å². The largest absolute Gasteiger partial charge is 0.405 e. The Kier molecular flexibility index (Phi) is 6.01. The molecule has 0 saturated heterocycles. The van der Waals surface area contributed by atoms with Crippen LogP contribution in [-0.2, 0) is 0 Å². The van der Waals surface area contributed by atoms with Crippen LogP contribution in [0.15, 0.2) is 73.3 Å². The van der Waals surface area contributed by atoms with Crippen molar-refractivity contribution >= 4 is 49.3 Å². The van der Waals surface area contributed by atoms with Gasteiger partial charge in [0.15, 0.2) is 0 Å². The number of rotatable bonds is 2. The van der Waals surface area contributed by atoms with E-state index in [4.69, 9.17) is 16.0 Å². The molecule has 6 nitrogen and oxygen atoms in total. The first-order valence-corrected chi connectivity index (χ1v) is 8.33. The monoisotopic (exact) mass is 364 g/mol. The van der Waals surface area contributed by atoms with Crippen molar-refractivity contribution in [2.24, 2.45) is 0 Å². The van der Waals surface area contributed by atoms with Gasteiger partial charge in [0.25, 0.3) is 0 Å². The summed E-state index contributed by atoms with van der Waals surface area (Å²) in [5.74, 6) is -0.592. The molecule has 0 atom stereocenters. The van der Waals surface area contributed by atoms with Crippen molar-refractivity contribution in [1.29, 1.82) is 0 Å². The van der Waals surface area contributed by atoms with E-state index in [0.717, 1.165) is 21.5 Å². The molecule has 2 amide bonds. The highest BCUT2D eigenvalue weighted by atomic mass is 16.2. The maximum Gasteiger partial charge on any atom is 0.239 e. The lowest BCUT2D eigenvalue weighted by atomic mass is 10.1. The van der Waals surface area contributed by atoms with E-state index < -0.39 is 0 Å². The molecule has 2 N–H and O–H groups in total. The van der Waals surface area contributed by atoms with Crippen LogP contribution in [0.4, 0.5) is 0 Å². The molecule has 0 unspecified atom stereocenters. The van der Waals surface area contributed by atoms with Gasteiger partial charge in [-0.2, -0.15) is 0 Å². The van der Waals surface area contributed by atoms with Crippen molar-refractivity contribution in [2.45, 2.75) is 0 Å². The van der Waals surface area contributed by atoms with Crippen LogP contribution in [0.25, 0.3) is 21.5 Å². The maximum absolute atomic E-state index is 11.4. The number of nitrogens with zero attached hydrogens (tertiary/aromatic N) is 2. The van der Waals surface area contributed by atoms with Crippen LogP contribution in [0.5, 0.6) is 0 Å². The number of nitrogens with one attached hydrogen (secondary N) is 2. The van der Waals surface area contributed by atoms with Crippen LogP contribution in [0.2, 0.25) is 0 Å². The number of pyridine rings is 2. The molecule has 0 saturated carbocycles. The summed E-state index contributed by atoms with van der Waals surface area (Å²) in [5, 5.41) is 7.77. The van der Waals surface area contributed by atoms with E-state index in [9.17, 15) is 9.59 Å². The zero-order chi connectivity index (χ0) is 19.9. The van der Waals surface area contributed by atoms with E-state index in [0.29, 0.717) is 11.1 Å². The second-order valence-electron chi connectivity index (χ2n) is 5.75. The molecule has 4 aromatic rings. The lowest BCUT2D eigenvalue weighted by Gasteiger charge is -2.03. The molecule has 0 bridgehead atoms. The van der Waals surface area contributed by atoms with Crippen molar-refractivity contribution in [3.63, 3.8) is 0 Å². The van der Waals surface area contributed by atoms with Crippen LogP contribution in [-0.4, -0.2) is 37.7 Å². The summed E-state index contributed by atoms with van der Waals surface area (Å²) in [6.07, 6.45) is 6.70. The number of hydrogen-bond donors (Lipinski definition) is 2. The fraction of sp³-hybridized carbons (Fsp3) is 0. The molecular weight excluding hydrogens is 350 g/mol. The third-order valence-electron chi connectivity index (χ3n) is 4.12. The van der Waals surface area contributed by atoms with Gasteiger partial charge in [0.05, 0.1) is 0 Å². The van der Waals surface area contributed by atoms with Crippen LogP contribution in [0, 0.1) is 0 Å². The molecule has 2 aromatic carbocycles. The molecule has 28 heavy (non-hydrogen) atoms. The number of carbonyl (C=O) groups excluding carboxylic acids is 2. The number of hydrogen-bond acceptors (Lipinski definition) is 4. The first-order chi connectivity index (χ1) is 13.7. The standard InChI is InChI=1S/2C10H7BN2O/c11-13-10(14)9-3-1-2-7-6-12-5-4-8(7)9;11-13-10(14)8-3-1-2-7-4-5-12-6-9(7)8/h2*1-6H,(H,13,14). The summed E-state index contributed by atoms with van der Waals surface area (Å²) in [4.78, 5) is 30.7. The fourth-order valence-corrected chi connectivity index (χ4v) is 2.79. The van der Waals surface area contributed by atoms with Crippen LogP contribution in [0.3, 0.4) is 0 Å². The molecule has 2 heterocycles. The van der Waals surface area contributed by atoms with Crippen molar-refractivity contribution in [2.75, 3.05) is 0 Å². The average molecular weight is 364 g/mol. The van der Waals surface area contributed by atoms with Gasteiger partial charge in [-0.3, -0.25) is 19.6 Å². The van der Waals surface area contributed by atoms with Crippen molar-refractivity contribution in [3.8, 4) is 0 Å². The van der Waals surface area contributed by atoms with E-state index in [1.807, 2.05) is 24.3 Å². The Morgan fingerprint density at radius 3 is 1.93 bits per heavy atom. The highest BCUT2D eigenvalue weighted by Crippen LogP contribution is 2.17. The number of carbonyl (C=O) groups is 2. The topological polar surface area (TPSA) is 84.0 Å². The number of amides is 2. The maximum atomic E-state index is 11.4. The van der Waals surface area contributed by atoms with Gasteiger partial charge in [0.1, 0.15) is 0 Å². The highest BCUT2D eigenvalue weighted by Gasteiger charge is 2.07. The van der Waals surface area contributed by atoms with E-state index in [1.165, 1.54) is 0 Å². The molecule has 0 aliphatic heterocycles. The fourth-order valence-electron chi connectivity index (χ4n) is 2.79. The van der Waals surface area contributed by atoms with E-state index >= 15 is 0 Å². The molecule has 132 valence electrons. The van der Waals surface area contributed by atoms with E-state index in [2.05, 4.69) is 20.4 Å². The second kappa shape index (κ2) is 8.81. The summed E-state index contributed by atoms with van der Waals surface area (Å²) in [7, 11) is 10.2. The molecule has 2 aromatic heterocycles. The molecule has 4 rings (SSSR count). The molecule has 0 spiro atoms. The Balaban J connectivity index is 0.000000161. The quantitative estimate of drug-likeness (QED) is 0.534. The zero-order valence-corrected chi connectivity index (χ0v) is 14.8. The molecular formula is C20H14B2N4O2. The first kappa shape index (κ1) is 19.1. The summed E-state index contributed by atoms with van der Waals surface area (Å²) in [6, 6.07) is 14.5. The average Bonchev–Trinajstić information content (AvgIpc) is 2.77. The first-order valence-electron chi connectivity index (χ1n) is 8.33. The lowest BCUT2D eigenvalue weighted by molar-refractivity contribution is 0.0975. The third-order valence-corrected chi connectivity index (χ3v) is 4.12. The Morgan fingerprint density at radius 1 is 0.679 bits per heavy atom. The SMILES string of the molecule is [B]NC(=O)c1cccc2ccncc12.[B]NC(=O)c1cccc2cnccc12. The lowest BCUT2D eigenvalue weighted by Crippen LogP contribution is -2.19. The minimum absolute atomic E-state index is 0.290. The summed E-state index contributed by atoms with van der Waals surface area (Å²) in [5.41, 5.74) is 1.10. The highest BCUT2D eigenvalue weighted by molar-refractivity contribution is 6.21. The van der Waals surface area contributed by atoms with Crippen LogP contribution >= 0.6 is 0 Å². The summed E-state index contributed by atoms with van der Waals surface area (Å²) in [6.45, 7) is 0. The minimum atomic E-state index is -0.302. The Bertz CT molecular complexity index is 1050. The van der Waals surface area contributed by atoms with Crippen molar-refractivity contribution in [3.05, 3.63) is 84.4 Å². The van der Waals surface area contributed by atoms with Crippen LogP contribution < -0.4 is 10.5 Å². The van der Waals surface area contributed by atoms with Gasteiger partial charge in [-0.15, -0.1) is 0 Å². The normalized spacial score (nSPS) is 10.0. The van der Waals surface area contributed by atoms with Gasteiger partial charge in [-0.05, 0) is 35.0 Å². The number of benzene rings is 2.